The Labute approximate surface area is 108 Å². The van der Waals surface area contributed by atoms with Crippen LogP contribution in [0.2, 0.25) is 0 Å². The van der Waals surface area contributed by atoms with E-state index in [1.54, 1.807) is 0 Å². The Kier molecular flexibility index (Phi) is 3.44. The van der Waals surface area contributed by atoms with E-state index in [9.17, 15) is 9.90 Å². The summed E-state index contributed by atoms with van der Waals surface area (Å²) in [4.78, 5) is 13.9. The lowest BCUT2D eigenvalue weighted by Gasteiger charge is -2.38. The van der Waals surface area contributed by atoms with E-state index in [2.05, 4.69) is 4.90 Å². The summed E-state index contributed by atoms with van der Waals surface area (Å²) in [6, 6.07) is 8.27. The second-order valence-electron chi connectivity index (χ2n) is 5.26. The monoisotopic (exact) mass is 247 g/mol. The fraction of sp³-hybridized carbons (Fsp3) is 0.533. The summed E-state index contributed by atoms with van der Waals surface area (Å²) in [5, 5.41) is 9.69. The van der Waals surface area contributed by atoms with Gasteiger partial charge in [0.2, 0.25) is 0 Å². The Morgan fingerprint density at radius 3 is 2.33 bits per heavy atom. The van der Waals surface area contributed by atoms with Crippen LogP contribution < -0.4 is 0 Å². The van der Waals surface area contributed by atoms with Gasteiger partial charge in [-0.3, -0.25) is 4.90 Å². The molecule has 1 saturated carbocycles. The van der Waals surface area contributed by atoms with E-state index < -0.39 is 11.5 Å². The highest BCUT2D eigenvalue weighted by atomic mass is 16.4. The van der Waals surface area contributed by atoms with E-state index in [1.165, 1.54) is 0 Å². The van der Waals surface area contributed by atoms with Crippen molar-refractivity contribution in [2.45, 2.75) is 45.2 Å². The molecule has 0 saturated heterocycles. The minimum absolute atomic E-state index is 0.428. The second kappa shape index (κ2) is 4.73. The van der Waals surface area contributed by atoms with Crippen LogP contribution in [0.1, 0.15) is 37.8 Å². The number of likely N-dealkylation sites (N-methyl/N-ethyl adjacent to an activating group) is 1. The van der Waals surface area contributed by atoms with Crippen LogP contribution in [0.4, 0.5) is 0 Å². The number of nitrogens with zero attached hydrogens (tertiary/aromatic N) is 1. The van der Waals surface area contributed by atoms with Gasteiger partial charge in [0.15, 0.2) is 0 Å². The van der Waals surface area contributed by atoms with E-state index in [1.807, 2.05) is 45.0 Å². The Morgan fingerprint density at radius 1 is 1.39 bits per heavy atom. The molecule has 0 bridgehead atoms. The van der Waals surface area contributed by atoms with Crippen LogP contribution in [-0.4, -0.2) is 28.6 Å². The van der Waals surface area contributed by atoms with Crippen LogP contribution in [0.5, 0.6) is 0 Å². The van der Waals surface area contributed by atoms with Crippen molar-refractivity contribution < 1.29 is 9.90 Å². The van der Waals surface area contributed by atoms with E-state index >= 15 is 0 Å². The molecule has 1 aliphatic carbocycles. The molecule has 18 heavy (non-hydrogen) atoms. The molecule has 3 heteroatoms. The molecule has 0 heterocycles. The number of aliphatic carboxylic acids is 1. The highest BCUT2D eigenvalue weighted by Crippen LogP contribution is 2.38. The van der Waals surface area contributed by atoms with Gasteiger partial charge in [0, 0.05) is 6.04 Å². The zero-order valence-corrected chi connectivity index (χ0v) is 11.3. The predicted molar refractivity (Wildman–Crippen MR) is 71.6 cm³/mol. The lowest BCUT2D eigenvalue weighted by Crippen LogP contribution is -2.50. The van der Waals surface area contributed by atoms with E-state index in [0.717, 1.165) is 30.5 Å². The van der Waals surface area contributed by atoms with Crippen LogP contribution in [0.3, 0.4) is 0 Å². The molecule has 98 valence electrons. The van der Waals surface area contributed by atoms with Crippen LogP contribution in [0, 0.1) is 6.92 Å². The first-order valence-electron chi connectivity index (χ1n) is 6.57. The van der Waals surface area contributed by atoms with Gasteiger partial charge in [-0.2, -0.15) is 0 Å². The maximum absolute atomic E-state index is 11.8. The molecular formula is C15H21NO2. The van der Waals surface area contributed by atoms with Crippen molar-refractivity contribution in [3.05, 3.63) is 35.4 Å². The highest BCUT2D eigenvalue weighted by Gasteiger charge is 2.46. The van der Waals surface area contributed by atoms with Crippen LogP contribution >= 0.6 is 0 Å². The second-order valence-corrected chi connectivity index (χ2v) is 5.26. The number of carboxylic acids is 1. The molecule has 1 N–H and O–H groups in total. The molecular weight excluding hydrogens is 226 g/mol. The first-order chi connectivity index (χ1) is 8.50. The molecule has 0 aromatic heterocycles. The Bertz CT molecular complexity index is 436. The third-order valence-corrected chi connectivity index (χ3v) is 3.93. The van der Waals surface area contributed by atoms with Crippen LogP contribution in [0.15, 0.2) is 24.3 Å². The van der Waals surface area contributed by atoms with Crippen molar-refractivity contribution >= 4 is 5.97 Å². The molecule has 1 atom stereocenters. The van der Waals surface area contributed by atoms with Gasteiger partial charge in [-0.15, -0.1) is 0 Å². The van der Waals surface area contributed by atoms with Gasteiger partial charge in [-0.05, 0) is 38.8 Å². The van der Waals surface area contributed by atoms with Gasteiger partial charge in [0.05, 0.1) is 0 Å². The molecule has 0 spiro atoms. The van der Waals surface area contributed by atoms with E-state index in [4.69, 9.17) is 0 Å². The van der Waals surface area contributed by atoms with Crippen molar-refractivity contribution in [3.63, 3.8) is 0 Å². The topological polar surface area (TPSA) is 40.5 Å². The Hall–Kier alpha value is -1.35. The Morgan fingerprint density at radius 2 is 1.94 bits per heavy atom. The highest BCUT2D eigenvalue weighted by molar-refractivity contribution is 5.80. The first-order valence-corrected chi connectivity index (χ1v) is 6.57. The van der Waals surface area contributed by atoms with Gasteiger partial charge in [0.1, 0.15) is 5.54 Å². The van der Waals surface area contributed by atoms with Crippen LogP contribution in [0.25, 0.3) is 0 Å². The van der Waals surface area contributed by atoms with Crippen molar-refractivity contribution in [1.82, 2.24) is 4.90 Å². The normalized spacial score (nSPS) is 18.7. The summed E-state index contributed by atoms with van der Waals surface area (Å²) in [6.45, 7) is 6.64. The average molecular weight is 247 g/mol. The molecule has 2 rings (SSSR count). The fourth-order valence-electron chi connectivity index (χ4n) is 2.62. The maximum Gasteiger partial charge on any atom is 0.328 e. The number of carbonyl (C=O) groups is 1. The lowest BCUT2D eigenvalue weighted by atomic mass is 9.89. The van der Waals surface area contributed by atoms with E-state index in [-0.39, 0.29) is 0 Å². The molecule has 3 nitrogen and oxygen atoms in total. The summed E-state index contributed by atoms with van der Waals surface area (Å²) < 4.78 is 0. The number of aryl methyl sites for hydroxylation is 1. The van der Waals surface area contributed by atoms with Crippen molar-refractivity contribution in [2.75, 3.05) is 6.54 Å². The Balaban J connectivity index is 2.42. The van der Waals surface area contributed by atoms with Gasteiger partial charge < -0.3 is 5.11 Å². The molecule has 0 aliphatic heterocycles. The minimum Gasteiger partial charge on any atom is -0.480 e. The largest absolute Gasteiger partial charge is 0.480 e. The van der Waals surface area contributed by atoms with Crippen molar-refractivity contribution in [2.24, 2.45) is 0 Å². The zero-order valence-electron chi connectivity index (χ0n) is 11.3. The zero-order chi connectivity index (χ0) is 13.3. The standard InChI is InChI=1S/C15H21NO2/c1-4-16(13-9-10-13)15(3,14(17)18)12-7-5-11(2)6-8-12/h5-8,13H,4,9-10H2,1-3H3,(H,17,18). The SMILES string of the molecule is CCN(C1CC1)C(C)(C(=O)O)c1ccc(C)cc1. The summed E-state index contributed by atoms with van der Waals surface area (Å²) >= 11 is 0. The quantitative estimate of drug-likeness (QED) is 0.869. The maximum atomic E-state index is 11.8. The third-order valence-electron chi connectivity index (χ3n) is 3.93. The molecule has 0 radical (unpaired) electrons. The van der Waals surface area contributed by atoms with Gasteiger partial charge in [-0.1, -0.05) is 36.8 Å². The van der Waals surface area contributed by atoms with Gasteiger partial charge in [-0.25, -0.2) is 4.79 Å². The molecule has 1 aromatic rings. The summed E-state index contributed by atoms with van der Waals surface area (Å²) in [5.74, 6) is -0.764. The van der Waals surface area contributed by atoms with Crippen molar-refractivity contribution in [3.8, 4) is 0 Å². The summed E-state index contributed by atoms with van der Waals surface area (Å²) in [5.41, 5.74) is 1.11. The van der Waals surface area contributed by atoms with Gasteiger partial charge in [0.25, 0.3) is 0 Å². The number of rotatable bonds is 5. The fourth-order valence-corrected chi connectivity index (χ4v) is 2.62. The number of benzene rings is 1. The lowest BCUT2D eigenvalue weighted by molar-refractivity contribution is -0.151. The number of hydrogen-bond acceptors (Lipinski definition) is 2. The molecule has 1 aromatic carbocycles. The number of carboxylic acid groups (broad SMARTS) is 1. The van der Waals surface area contributed by atoms with E-state index in [0.29, 0.717) is 6.04 Å². The first kappa shape index (κ1) is 13.1. The predicted octanol–water partition coefficient (Wildman–Crippen LogP) is 2.78. The smallest absolute Gasteiger partial charge is 0.328 e. The van der Waals surface area contributed by atoms with Crippen molar-refractivity contribution in [1.29, 1.82) is 0 Å². The molecule has 1 unspecified atom stereocenters. The average Bonchev–Trinajstić information content (AvgIpc) is 3.14. The molecule has 1 fully saturated rings. The summed E-state index contributed by atoms with van der Waals surface area (Å²) in [6.07, 6.45) is 2.23. The number of hydrogen-bond donors (Lipinski definition) is 1. The van der Waals surface area contributed by atoms with Gasteiger partial charge >= 0.3 is 5.97 Å². The molecule has 0 amide bonds. The molecule has 1 aliphatic rings. The third kappa shape index (κ3) is 2.15. The van der Waals surface area contributed by atoms with Crippen LogP contribution in [-0.2, 0) is 10.3 Å². The summed E-state index contributed by atoms with van der Waals surface area (Å²) in [7, 11) is 0. The minimum atomic E-state index is -0.913.